The summed E-state index contributed by atoms with van der Waals surface area (Å²) < 4.78 is 0. The van der Waals surface area contributed by atoms with Crippen molar-refractivity contribution in [2.75, 3.05) is 5.32 Å². The van der Waals surface area contributed by atoms with E-state index in [2.05, 4.69) is 20.6 Å². The summed E-state index contributed by atoms with van der Waals surface area (Å²) in [4.78, 5) is 20.8. The fourth-order valence-electron chi connectivity index (χ4n) is 6.59. The quantitative estimate of drug-likeness (QED) is 0.509. The van der Waals surface area contributed by atoms with Crippen molar-refractivity contribution in [2.45, 2.75) is 50.3 Å². The van der Waals surface area contributed by atoms with Gasteiger partial charge in [0.05, 0.1) is 16.9 Å². The maximum Gasteiger partial charge on any atom is 0.255 e. The fourth-order valence-corrected chi connectivity index (χ4v) is 6.59. The van der Waals surface area contributed by atoms with Gasteiger partial charge in [-0.3, -0.25) is 4.79 Å². The standard InChI is InChI=1S/C25H28N4O2/c30-24(28-13-15-4-2-1-3-5-15)20-14-27-23-19(6-7-26-23)22(20)29-21-17-8-16-9-18(21)12-25(31,10-16)11-17/h1-7,14,16-18,21,31H,8-13H2,(H,28,30)(H2,26,27,29)/t16?,17-,18+,21?,25-. The molecule has 1 amide bonds. The van der Waals surface area contributed by atoms with Crippen LogP contribution in [0.3, 0.4) is 0 Å². The Bertz CT molecular complexity index is 1110. The lowest BCUT2D eigenvalue weighted by Gasteiger charge is -2.58. The number of anilines is 1. The number of carbonyl (C=O) groups is 1. The van der Waals surface area contributed by atoms with Crippen LogP contribution >= 0.6 is 0 Å². The zero-order valence-electron chi connectivity index (χ0n) is 17.5. The first-order chi connectivity index (χ1) is 15.1. The molecule has 2 heterocycles. The van der Waals surface area contributed by atoms with Crippen LogP contribution in [0.15, 0.2) is 48.8 Å². The van der Waals surface area contributed by atoms with Crippen LogP contribution in [0.2, 0.25) is 0 Å². The monoisotopic (exact) mass is 416 g/mol. The van der Waals surface area contributed by atoms with Gasteiger partial charge in [0.25, 0.3) is 5.91 Å². The van der Waals surface area contributed by atoms with Crippen molar-refractivity contribution in [3.05, 3.63) is 59.9 Å². The Labute approximate surface area is 181 Å². The van der Waals surface area contributed by atoms with E-state index in [1.165, 1.54) is 12.8 Å². The van der Waals surface area contributed by atoms with Crippen molar-refractivity contribution in [3.63, 3.8) is 0 Å². The third kappa shape index (κ3) is 3.30. The highest BCUT2D eigenvalue weighted by atomic mass is 16.3. The van der Waals surface area contributed by atoms with Gasteiger partial charge in [-0.15, -0.1) is 0 Å². The van der Waals surface area contributed by atoms with E-state index in [1.807, 2.05) is 42.6 Å². The number of nitrogens with zero attached hydrogens (tertiary/aromatic N) is 1. The molecule has 0 aliphatic heterocycles. The third-order valence-corrected chi connectivity index (χ3v) is 7.68. The molecule has 5 atom stereocenters. The maximum absolute atomic E-state index is 13.2. The molecule has 1 aromatic carbocycles. The van der Waals surface area contributed by atoms with Crippen LogP contribution in [0.5, 0.6) is 0 Å². The molecular weight excluding hydrogens is 388 g/mol. The summed E-state index contributed by atoms with van der Waals surface area (Å²) in [7, 11) is 0. The summed E-state index contributed by atoms with van der Waals surface area (Å²) >= 11 is 0. The first-order valence-corrected chi connectivity index (χ1v) is 11.4. The second kappa shape index (κ2) is 7.09. The predicted octanol–water partition coefficient (Wildman–Crippen LogP) is 3.84. The molecule has 31 heavy (non-hydrogen) atoms. The van der Waals surface area contributed by atoms with Gasteiger partial charge in [0.1, 0.15) is 5.65 Å². The van der Waals surface area contributed by atoms with Crippen molar-refractivity contribution in [2.24, 2.45) is 17.8 Å². The molecule has 4 saturated carbocycles. The third-order valence-electron chi connectivity index (χ3n) is 7.68. The highest BCUT2D eigenvalue weighted by molar-refractivity contribution is 6.06. The number of carbonyl (C=O) groups excluding carboxylic acids is 1. The molecule has 6 heteroatoms. The number of benzene rings is 1. The van der Waals surface area contributed by atoms with Crippen LogP contribution in [-0.4, -0.2) is 32.6 Å². The highest BCUT2D eigenvalue weighted by Gasteiger charge is 2.54. The minimum atomic E-state index is -0.466. The molecular formula is C25H28N4O2. The smallest absolute Gasteiger partial charge is 0.255 e. The van der Waals surface area contributed by atoms with Gasteiger partial charge < -0.3 is 20.7 Å². The van der Waals surface area contributed by atoms with E-state index < -0.39 is 5.60 Å². The van der Waals surface area contributed by atoms with E-state index in [-0.39, 0.29) is 11.9 Å². The van der Waals surface area contributed by atoms with Crippen LogP contribution in [0, 0.1) is 17.8 Å². The van der Waals surface area contributed by atoms with Gasteiger partial charge in [-0.05, 0) is 61.5 Å². The zero-order valence-corrected chi connectivity index (χ0v) is 17.5. The highest BCUT2D eigenvalue weighted by Crippen LogP contribution is 2.56. The van der Waals surface area contributed by atoms with E-state index in [4.69, 9.17) is 0 Å². The average molecular weight is 417 g/mol. The number of aromatic nitrogens is 2. The van der Waals surface area contributed by atoms with Crippen LogP contribution in [0.1, 0.15) is 48.0 Å². The molecule has 4 fully saturated rings. The summed E-state index contributed by atoms with van der Waals surface area (Å²) in [6, 6.07) is 12.2. The topological polar surface area (TPSA) is 90.0 Å². The molecule has 4 N–H and O–H groups in total. The molecule has 2 aromatic heterocycles. The molecule has 4 aliphatic rings. The molecule has 0 spiro atoms. The summed E-state index contributed by atoms with van der Waals surface area (Å²) in [6.45, 7) is 0.480. The second-order valence-electron chi connectivity index (χ2n) is 9.82. The molecule has 0 radical (unpaired) electrons. The fraction of sp³-hybridized carbons (Fsp3) is 0.440. The Kier molecular flexibility index (Phi) is 4.32. The first-order valence-electron chi connectivity index (χ1n) is 11.4. The van der Waals surface area contributed by atoms with Crippen molar-refractivity contribution in [1.29, 1.82) is 0 Å². The minimum Gasteiger partial charge on any atom is -0.390 e. The molecule has 4 bridgehead atoms. The number of nitrogens with one attached hydrogen (secondary N) is 3. The summed E-state index contributed by atoms with van der Waals surface area (Å²) in [5.41, 5.74) is 2.82. The minimum absolute atomic E-state index is 0.121. The SMILES string of the molecule is O=C(NCc1ccccc1)c1cnc2[nH]ccc2c1NC1[C@@H]2CC3C[C@H]1C[C@@](O)(C3)C2. The molecule has 160 valence electrons. The molecule has 6 nitrogen and oxygen atoms in total. The van der Waals surface area contributed by atoms with Crippen LogP contribution in [0.25, 0.3) is 11.0 Å². The predicted molar refractivity (Wildman–Crippen MR) is 120 cm³/mol. The van der Waals surface area contributed by atoms with Crippen LogP contribution in [-0.2, 0) is 6.54 Å². The summed E-state index contributed by atoms with van der Waals surface area (Å²) in [6.07, 6.45) is 8.60. The van der Waals surface area contributed by atoms with Crippen LogP contribution < -0.4 is 10.6 Å². The van der Waals surface area contributed by atoms with Crippen molar-refractivity contribution >= 4 is 22.6 Å². The number of rotatable bonds is 5. The summed E-state index contributed by atoms with van der Waals surface area (Å²) in [5, 5.41) is 18.7. The van der Waals surface area contributed by atoms with Gasteiger partial charge in [0, 0.05) is 30.4 Å². The first kappa shape index (κ1) is 18.9. The number of aromatic amines is 1. The van der Waals surface area contributed by atoms with Gasteiger partial charge in [-0.25, -0.2) is 4.98 Å². The van der Waals surface area contributed by atoms with Crippen LogP contribution in [0.4, 0.5) is 5.69 Å². The summed E-state index contributed by atoms with van der Waals surface area (Å²) in [5.74, 6) is 1.44. The lowest BCUT2D eigenvalue weighted by molar-refractivity contribution is -0.129. The second-order valence-corrected chi connectivity index (χ2v) is 9.82. The molecule has 2 unspecified atom stereocenters. The number of amides is 1. The van der Waals surface area contributed by atoms with Gasteiger partial charge in [-0.1, -0.05) is 30.3 Å². The zero-order chi connectivity index (χ0) is 21.0. The number of hydrogen-bond donors (Lipinski definition) is 4. The van der Waals surface area contributed by atoms with E-state index in [9.17, 15) is 9.90 Å². The van der Waals surface area contributed by atoms with Gasteiger partial charge in [0.2, 0.25) is 0 Å². The lowest BCUT2D eigenvalue weighted by atomic mass is 9.52. The normalized spacial score (nSPS) is 31.1. The van der Waals surface area contributed by atoms with E-state index in [0.29, 0.717) is 29.9 Å². The van der Waals surface area contributed by atoms with Crippen molar-refractivity contribution in [1.82, 2.24) is 15.3 Å². The van der Waals surface area contributed by atoms with Crippen molar-refractivity contribution < 1.29 is 9.90 Å². The van der Waals surface area contributed by atoms with Gasteiger partial charge >= 0.3 is 0 Å². The molecule has 7 rings (SSSR count). The Balaban J connectivity index is 1.30. The molecule has 0 saturated heterocycles. The van der Waals surface area contributed by atoms with E-state index >= 15 is 0 Å². The molecule has 3 aromatic rings. The average Bonchev–Trinajstić information content (AvgIpc) is 3.23. The Hall–Kier alpha value is -2.86. The lowest BCUT2D eigenvalue weighted by Crippen LogP contribution is -2.59. The van der Waals surface area contributed by atoms with Gasteiger partial charge in [0.15, 0.2) is 0 Å². The van der Waals surface area contributed by atoms with Crippen molar-refractivity contribution in [3.8, 4) is 0 Å². The number of pyridine rings is 1. The maximum atomic E-state index is 13.2. The van der Waals surface area contributed by atoms with E-state index in [1.54, 1.807) is 6.20 Å². The van der Waals surface area contributed by atoms with Gasteiger partial charge in [-0.2, -0.15) is 0 Å². The molecule has 4 aliphatic carbocycles. The van der Waals surface area contributed by atoms with E-state index in [0.717, 1.165) is 41.5 Å². The number of hydrogen-bond acceptors (Lipinski definition) is 4. The Morgan fingerprint density at radius 1 is 1.13 bits per heavy atom. The number of aliphatic hydroxyl groups is 1. The Morgan fingerprint density at radius 2 is 1.90 bits per heavy atom. The largest absolute Gasteiger partial charge is 0.390 e. The Morgan fingerprint density at radius 3 is 2.65 bits per heavy atom. The number of H-pyrrole nitrogens is 1. The number of fused-ring (bicyclic) bond motifs is 1.